The normalized spacial score (nSPS) is 38.5. The van der Waals surface area contributed by atoms with Gasteiger partial charge in [-0.3, -0.25) is 4.79 Å². The van der Waals surface area contributed by atoms with Gasteiger partial charge in [-0.15, -0.1) is 0 Å². The first-order valence-electron chi connectivity index (χ1n) is 8.42. The summed E-state index contributed by atoms with van der Waals surface area (Å²) in [5.41, 5.74) is 6.69. The van der Waals surface area contributed by atoms with Crippen molar-refractivity contribution < 1.29 is 4.79 Å². The Hall–Kier alpha value is -0.570. The second kappa shape index (κ2) is 5.01. The minimum atomic E-state index is 0.139. The van der Waals surface area contributed by atoms with Crippen molar-refractivity contribution >= 4 is 5.91 Å². The van der Waals surface area contributed by atoms with E-state index in [0.29, 0.717) is 23.2 Å². The number of likely N-dealkylation sites (tertiary alicyclic amines) is 1. The highest BCUT2D eigenvalue weighted by Crippen LogP contribution is 2.48. The monoisotopic (exact) mass is 278 g/mol. The molecule has 3 rings (SSSR count). The zero-order chi connectivity index (χ0) is 14.5. The van der Waals surface area contributed by atoms with Crippen molar-refractivity contribution in [2.75, 3.05) is 13.1 Å². The van der Waals surface area contributed by atoms with E-state index in [9.17, 15) is 4.79 Å². The molecule has 3 aliphatic rings. The van der Waals surface area contributed by atoms with Gasteiger partial charge in [0.1, 0.15) is 0 Å². The van der Waals surface area contributed by atoms with Crippen LogP contribution < -0.4 is 5.73 Å². The summed E-state index contributed by atoms with van der Waals surface area (Å²) in [4.78, 5) is 14.9. The van der Waals surface area contributed by atoms with E-state index in [1.54, 1.807) is 0 Å². The molecule has 1 heterocycles. The molecule has 0 aromatic carbocycles. The van der Waals surface area contributed by atoms with Crippen molar-refractivity contribution in [2.45, 2.75) is 58.9 Å². The van der Waals surface area contributed by atoms with E-state index in [1.165, 1.54) is 19.3 Å². The van der Waals surface area contributed by atoms with Crippen molar-refractivity contribution in [1.82, 2.24) is 4.90 Å². The van der Waals surface area contributed by atoms with Crippen LogP contribution in [0.1, 0.15) is 52.9 Å². The van der Waals surface area contributed by atoms with Crippen molar-refractivity contribution in [3.05, 3.63) is 0 Å². The molecule has 3 nitrogen and oxygen atoms in total. The summed E-state index contributed by atoms with van der Waals surface area (Å²) in [6.07, 6.45) is 6.00. The number of piperidine rings is 1. The molecule has 1 saturated heterocycles. The average Bonchev–Trinajstić information content (AvgIpc) is 2.98. The van der Waals surface area contributed by atoms with Gasteiger partial charge in [0.05, 0.1) is 5.92 Å². The Morgan fingerprint density at radius 2 is 1.65 bits per heavy atom. The largest absolute Gasteiger partial charge is 0.342 e. The van der Waals surface area contributed by atoms with Gasteiger partial charge in [-0.25, -0.2) is 0 Å². The number of carbonyl (C=O) groups is 1. The number of nitrogens with two attached hydrogens (primary N) is 1. The van der Waals surface area contributed by atoms with E-state index in [1.807, 2.05) is 0 Å². The molecule has 4 atom stereocenters. The molecule has 114 valence electrons. The molecule has 1 amide bonds. The summed E-state index contributed by atoms with van der Waals surface area (Å²) in [6, 6.07) is 0.140. The molecule has 4 unspecified atom stereocenters. The minimum absolute atomic E-state index is 0.139. The predicted molar refractivity (Wildman–Crippen MR) is 81.1 cm³/mol. The van der Waals surface area contributed by atoms with Crippen LogP contribution in [0, 0.1) is 29.1 Å². The lowest BCUT2D eigenvalue weighted by molar-refractivity contribution is -0.139. The lowest BCUT2D eigenvalue weighted by Gasteiger charge is -2.41. The Bertz CT molecular complexity index is 377. The SMILES string of the molecule is CC(C)(C)C1CCN(C(=O)C2C3CCC(C3)C2N)CC1. The van der Waals surface area contributed by atoms with E-state index >= 15 is 0 Å². The fourth-order valence-electron chi connectivity index (χ4n) is 4.88. The van der Waals surface area contributed by atoms with Gasteiger partial charge in [-0.05, 0) is 55.3 Å². The van der Waals surface area contributed by atoms with Crippen molar-refractivity contribution in [2.24, 2.45) is 34.8 Å². The van der Waals surface area contributed by atoms with Gasteiger partial charge >= 0.3 is 0 Å². The van der Waals surface area contributed by atoms with Crippen LogP contribution in [-0.2, 0) is 4.79 Å². The minimum Gasteiger partial charge on any atom is -0.342 e. The molecule has 0 radical (unpaired) electrons. The third-order valence-electron chi connectivity index (χ3n) is 6.30. The highest BCUT2D eigenvalue weighted by molar-refractivity contribution is 5.80. The summed E-state index contributed by atoms with van der Waals surface area (Å²) >= 11 is 0. The van der Waals surface area contributed by atoms with Crippen molar-refractivity contribution in [1.29, 1.82) is 0 Å². The quantitative estimate of drug-likeness (QED) is 0.801. The second-order valence-electron chi connectivity index (χ2n) is 8.40. The van der Waals surface area contributed by atoms with E-state index in [4.69, 9.17) is 5.73 Å². The van der Waals surface area contributed by atoms with Gasteiger partial charge in [-0.2, -0.15) is 0 Å². The van der Waals surface area contributed by atoms with Crippen molar-refractivity contribution in [3.63, 3.8) is 0 Å². The standard InChI is InChI=1S/C17H30N2O/c1-17(2,3)13-6-8-19(9-7-13)16(20)14-11-4-5-12(10-11)15(14)18/h11-15H,4-10,18H2,1-3H3. The molecule has 2 bridgehead atoms. The summed E-state index contributed by atoms with van der Waals surface area (Å²) < 4.78 is 0. The Balaban J connectivity index is 1.60. The smallest absolute Gasteiger partial charge is 0.227 e. The molecular weight excluding hydrogens is 248 g/mol. The lowest BCUT2D eigenvalue weighted by atomic mass is 9.75. The maximum atomic E-state index is 12.8. The first-order chi connectivity index (χ1) is 9.38. The van der Waals surface area contributed by atoms with E-state index < -0.39 is 0 Å². The summed E-state index contributed by atoms with van der Waals surface area (Å²) in [5, 5.41) is 0. The van der Waals surface area contributed by atoms with Crippen LogP contribution in [0.2, 0.25) is 0 Å². The van der Waals surface area contributed by atoms with Crippen LogP contribution in [-0.4, -0.2) is 29.9 Å². The van der Waals surface area contributed by atoms with Gasteiger partial charge in [0, 0.05) is 19.1 Å². The fourth-order valence-corrected chi connectivity index (χ4v) is 4.88. The molecule has 0 aromatic heterocycles. The molecule has 2 saturated carbocycles. The highest BCUT2D eigenvalue weighted by Gasteiger charge is 2.50. The molecule has 3 fully saturated rings. The zero-order valence-corrected chi connectivity index (χ0v) is 13.3. The van der Waals surface area contributed by atoms with Gasteiger partial charge in [0.15, 0.2) is 0 Å². The van der Waals surface area contributed by atoms with Crippen LogP contribution in [0.25, 0.3) is 0 Å². The van der Waals surface area contributed by atoms with E-state index in [0.717, 1.165) is 31.8 Å². The molecule has 1 aliphatic heterocycles. The third-order valence-corrected chi connectivity index (χ3v) is 6.30. The average molecular weight is 278 g/mol. The molecule has 0 aromatic rings. The first kappa shape index (κ1) is 14.4. The van der Waals surface area contributed by atoms with E-state index in [2.05, 4.69) is 25.7 Å². The Kier molecular flexibility index (Phi) is 3.60. The number of carbonyl (C=O) groups excluding carboxylic acids is 1. The van der Waals surface area contributed by atoms with Gasteiger partial charge in [0.25, 0.3) is 0 Å². The topological polar surface area (TPSA) is 46.3 Å². The number of hydrogen-bond donors (Lipinski definition) is 1. The van der Waals surface area contributed by atoms with Crippen LogP contribution in [0.5, 0.6) is 0 Å². The van der Waals surface area contributed by atoms with Crippen LogP contribution in [0.3, 0.4) is 0 Å². The van der Waals surface area contributed by atoms with Crippen molar-refractivity contribution in [3.8, 4) is 0 Å². The predicted octanol–water partition coefficient (Wildman–Crippen LogP) is 2.64. The maximum absolute atomic E-state index is 12.8. The van der Waals surface area contributed by atoms with Crippen LogP contribution >= 0.6 is 0 Å². The number of hydrogen-bond acceptors (Lipinski definition) is 2. The van der Waals surface area contributed by atoms with Gasteiger partial charge in [0.2, 0.25) is 5.91 Å². The lowest BCUT2D eigenvalue weighted by Crippen LogP contribution is -2.50. The third kappa shape index (κ3) is 2.38. The summed E-state index contributed by atoms with van der Waals surface area (Å²) in [7, 11) is 0. The van der Waals surface area contributed by atoms with Crippen LogP contribution in [0.4, 0.5) is 0 Å². The maximum Gasteiger partial charge on any atom is 0.227 e. The molecule has 2 N–H and O–H groups in total. The first-order valence-corrected chi connectivity index (χ1v) is 8.42. The summed E-state index contributed by atoms with van der Waals surface area (Å²) in [5.74, 6) is 2.47. The second-order valence-corrected chi connectivity index (χ2v) is 8.40. The molecule has 3 heteroatoms. The van der Waals surface area contributed by atoms with E-state index in [-0.39, 0.29) is 12.0 Å². The Morgan fingerprint density at radius 1 is 1.05 bits per heavy atom. The highest BCUT2D eigenvalue weighted by atomic mass is 16.2. The Morgan fingerprint density at radius 3 is 2.15 bits per heavy atom. The molecular formula is C17H30N2O. The molecule has 0 spiro atoms. The Labute approximate surface area is 123 Å². The summed E-state index contributed by atoms with van der Waals surface area (Å²) in [6.45, 7) is 8.85. The number of rotatable bonds is 1. The van der Waals surface area contributed by atoms with Crippen LogP contribution in [0.15, 0.2) is 0 Å². The fraction of sp³-hybridized carbons (Fsp3) is 0.941. The molecule has 2 aliphatic carbocycles. The van der Waals surface area contributed by atoms with Gasteiger partial charge < -0.3 is 10.6 Å². The number of amides is 1. The van der Waals surface area contributed by atoms with Gasteiger partial charge in [-0.1, -0.05) is 20.8 Å². The number of fused-ring (bicyclic) bond motifs is 2. The number of nitrogens with zero attached hydrogens (tertiary/aromatic N) is 1. The zero-order valence-electron chi connectivity index (χ0n) is 13.3. The molecule has 20 heavy (non-hydrogen) atoms.